The zero-order valence-electron chi connectivity index (χ0n) is 70.6. The highest BCUT2D eigenvalue weighted by atomic mass is 32.1. The van der Waals surface area contributed by atoms with Gasteiger partial charge in [0.05, 0.1) is 42.0 Å². The van der Waals surface area contributed by atoms with Crippen molar-refractivity contribution in [3.05, 3.63) is 227 Å². The van der Waals surface area contributed by atoms with E-state index in [0.29, 0.717) is 24.2 Å². The molecule has 0 aliphatic carbocycles. The first kappa shape index (κ1) is 87.3. The van der Waals surface area contributed by atoms with Gasteiger partial charge in [-0.3, -0.25) is 9.59 Å². The molecule has 10 aromatic rings. The number of rotatable bonds is 56. The van der Waals surface area contributed by atoms with Gasteiger partial charge >= 0.3 is 0 Å². The van der Waals surface area contributed by atoms with Crippen LogP contribution in [0.5, 0.6) is 0 Å². The van der Waals surface area contributed by atoms with Gasteiger partial charge in [-0.05, 0) is 146 Å². The molecule has 2 atom stereocenters. The Morgan fingerprint density at radius 1 is 0.267 bits per heavy atom. The van der Waals surface area contributed by atoms with Gasteiger partial charge in [0.1, 0.15) is 10.0 Å². The molecule has 0 saturated carbocycles. The maximum absolute atomic E-state index is 16.8. The van der Waals surface area contributed by atoms with Crippen LogP contribution < -0.4 is 9.80 Å². The molecule has 2 unspecified atom stereocenters. The molecule has 2 amide bonds. The Labute approximate surface area is 714 Å². The number of unbranched alkanes of at least 4 members (excludes halogenated alkanes) is 32. The van der Waals surface area contributed by atoms with Crippen molar-refractivity contribution in [1.82, 2.24) is 19.8 Å². The molecule has 614 valence electrons. The van der Waals surface area contributed by atoms with Gasteiger partial charge in [-0.15, -0.1) is 45.3 Å². The second-order valence-corrected chi connectivity index (χ2v) is 37.2. The number of carbonyl (C=O) groups is 2. The van der Waals surface area contributed by atoms with E-state index >= 15 is 9.59 Å². The van der Waals surface area contributed by atoms with Crippen LogP contribution in [0.2, 0.25) is 0 Å². The van der Waals surface area contributed by atoms with Gasteiger partial charge in [0.25, 0.3) is 11.8 Å². The van der Waals surface area contributed by atoms with E-state index in [-0.39, 0.29) is 23.7 Å². The molecule has 0 spiro atoms. The Hall–Kier alpha value is -8.00. The number of anilines is 6. The van der Waals surface area contributed by atoms with Gasteiger partial charge in [-0.1, -0.05) is 356 Å². The van der Waals surface area contributed by atoms with Crippen LogP contribution in [0.15, 0.2) is 218 Å². The first-order chi connectivity index (χ1) is 57.3. The molecular formula is C104H132N6O2S4. The summed E-state index contributed by atoms with van der Waals surface area (Å²) in [5, 5.41) is 1.80. The van der Waals surface area contributed by atoms with Gasteiger partial charge in [-0.25, -0.2) is 9.97 Å². The van der Waals surface area contributed by atoms with Crippen LogP contribution in [0, 0.1) is 11.8 Å². The predicted molar refractivity (Wildman–Crippen MR) is 503 cm³/mol. The zero-order chi connectivity index (χ0) is 80.1. The number of thiazole rings is 2. The average Bonchev–Trinajstić information content (AvgIpc) is 1.54. The number of benzene rings is 6. The van der Waals surface area contributed by atoms with Crippen LogP contribution in [-0.4, -0.2) is 44.7 Å². The highest BCUT2D eigenvalue weighted by Crippen LogP contribution is 2.52. The van der Waals surface area contributed by atoms with E-state index in [1.54, 1.807) is 45.3 Å². The second-order valence-electron chi connectivity index (χ2n) is 33.0. The summed E-state index contributed by atoms with van der Waals surface area (Å²) in [6.07, 6.45) is 54.3. The van der Waals surface area contributed by atoms with Crippen molar-refractivity contribution < 1.29 is 9.59 Å². The number of aromatic nitrogens is 2. The number of hydrogen-bond donors (Lipinski definition) is 0. The van der Waals surface area contributed by atoms with Crippen molar-refractivity contribution in [3.8, 4) is 40.7 Å². The highest BCUT2D eigenvalue weighted by molar-refractivity contribution is 7.24. The third-order valence-electron chi connectivity index (χ3n) is 23.9. The predicted octanol–water partition coefficient (Wildman–Crippen LogP) is 33.1. The maximum atomic E-state index is 16.8. The van der Waals surface area contributed by atoms with Gasteiger partial charge < -0.3 is 19.6 Å². The molecule has 8 nitrogen and oxygen atoms in total. The number of thiophene rings is 2. The number of para-hydroxylation sites is 4. The topological polar surface area (TPSA) is 72.9 Å². The van der Waals surface area contributed by atoms with Gasteiger partial charge in [0.15, 0.2) is 0 Å². The third kappa shape index (κ3) is 25.0. The summed E-state index contributed by atoms with van der Waals surface area (Å²) in [7, 11) is 0. The Morgan fingerprint density at radius 3 is 0.776 bits per heavy atom. The standard InChI is InChI=1S/C104H132N6O2S4/c1-5-9-13-17-21-25-27-31-35-43-55-81(53-41-33-29-23-19-15-11-7-3)79-107-99(95-77-105-101(115-95)93-75-73-91(113-93)83-65-69-89(70-66-83)109(85-57-45-37-46-58-85)86-59-47-38-48-60-86)97-98(103(107)111)100(108(104(97)112)80-82(54-42-34-30-24-20-16-12-8-4)56-44-36-32-28-26-22-18-14-10-6-2)96-78-106-102(116-96)94-76-74-92(114-94)84-67-71-90(72-68-84)110(87-61-49-39-50-62-87)88-63-51-40-52-64-88/h37-40,45-52,57-78,81-82H,5-36,41-44,53-56,79-80H2,1-4H3. The van der Waals surface area contributed by atoms with Crippen LogP contribution >= 0.6 is 45.3 Å². The number of fused-ring (bicyclic) bond motifs is 1. The molecule has 0 bridgehead atoms. The highest BCUT2D eigenvalue weighted by Gasteiger charge is 2.50. The molecule has 2 aliphatic heterocycles. The molecule has 12 heteroatoms. The average molecular weight is 1630 g/mol. The molecule has 6 aromatic carbocycles. The molecule has 116 heavy (non-hydrogen) atoms. The molecule has 12 rings (SSSR count). The van der Waals surface area contributed by atoms with E-state index in [0.717, 1.165) is 147 Å². The minimum absolute atomic E-state index is 0.0380. The minimum atomic E-state index is -0.0380. The van der Waals surface area contributed by atoms with E-state index in [1.807, 2.05) is 12.4 Å². The largest absolute Gasteiger partial charge is 0.311 e. The first-order valence-corrected chi connectivity index (χ1v) is 48.9. The Kier molecular flexibility index (Phi) is 36.3. The second kappa shape index (κ2) is 48.2. The van der Waals surface area contributed by atoms with Gasteiger partial charge in [0.2, 0.25) is 0 Å². The summed E-state index contributed by atoms with van der Waals surface area (Å²) in [6, 6.07) is 69.1. The molecule has 0 saturated heterocycles. The number of carbonyl (C=O) groups excluding carboxylic acids is 2. The SMILES string of the molecule is CCCCCCCCCCCCC(CCCCCCCCCC)CN1C(=O)C2=C(c3cnc(-c4ccc(-c5ccc(N(c6ccccc6)c6ccccc6)cc5)s4)s3)N(CC(CCCCCCCCCC)CCCCCCCCCCCC)C(=O)C2=C1c1cnc(-c2ccc(-c3ccc(N(c4ccccc4)c4ccccc4)cc3)s2)s1. The van der Waals surface area contributed by atoms with Crippen LogP contribution in [0.3, 0.4) is 0 Å². The quantitative estimate of drug-likeness (QED) is 0.0354. The van der Waals surface area contributed by atoms with E-state index in [4.69, 9.17) is 9.97 Å². The fourth-order valence-corrected chi connectivity index (χ4v) is 21.5. The molecule has 4 aromatic heterocycles. The molecule has 2 aliphatic rings. The smallest absolute Gasteiger partial charge is 0.261 e. The molecule has 0 radical (unpaired) electrons. The van der Waals surface area contributed by atoms with E-state index in [9.17, 15) is 0 Å². The van der Waals surface area contributed by atoms with Crippen LogP contribution in [-0.2, 0) is 9.59 Å². The summed E-state index contributed by atoms with van der Waals surface area (Å²) < 4.78 is 0. The Balaban J connectivity index is 0.898. The van der Waals surface area contributed by atoms with Gasteiger partial charge in [-0.2, -0.15) is 0 Å². The van der Waals surface area contributed by atoms with E-state index < -0.39 is 0 Å². The summed E-state index contributed by atoms with van der Waals surface area (Å²) in [5.74, 6) is 0.492. The molecule has 6 heterocycles. The van der Waals surface area contributed by atoms with Crippen molar-refractivity contribution in [1.29, 1.82) is 0 Å². The van der Waals surface area contributed by atoms with Crippen LogP contribution in [0.1, 0.15) is 294 Å². The first-order valence-electron chi connectivity index (χ1n) is 45.6. The maximum Gasteiger partial charge on any atom is 0.261 e. The van der Waals surface area contributed by atoms with Crippen molar-refractivity contribution in [3.63, 3.8) is 0 Å². The van der Waals surface area contributed by atoms with E-state index in [2.05, 4.69) is 241 Å². The minimum Gasteiger partial charge on any atom is -0.311 e. The van der Waals surface area contributed by atoms with Crippen molar-refractivity contribution in [2.75, 3.05) is 22.9 Å². The number of amides is 2. The fraction of sp³-hybridized carbons (Fsp3) is 0.462. The van der Waals surface area contributed by atoms with Crippen LogP contribution in [0.25, 0.3) is 52.0 Å². The van der Waals surface area contributed by atoms with Crippen molar-refractivity contribution in [2.45, 2.75) is 285 Å². The van der Waals surface area contributed by atoms with E-state index in [1.165, 1.54) is 205 Å². The number of nitrogens with zero attached hydrogens (tertiary/aromatic N) is 6. The number of hydrogen-bond acceptors (Lipinski definition) is 10. The lowest BCUT2D eigenvalue weighted by molar-refractivity contribution is -0.124. The monoisotopic (exact) mass is 1620 g/mol. The Bertz CT molecular complexity index is 4170. The zero-order valence-corrected chi connectivity index (χ0v) is 73.9. The van der Waals surface area contributed by atoms with Gasteiger partial charge in [0, 0.05) is 69.4 Å². The lowest BCUT2D eigenvalue weighted by Gasteiger charge is -2.29. The van der Waals surface area contributed by atoms with Crippen molar-refractivity contribution >= 4 is 103 Å². The van der Waals surface area contributed by atoms with Crippen molar-refractivity contribution in [2.24, 2.45) is 11.8 Å². The lowest BCUT2D eigenvalue weighted by atomic mass is 9.93. The molecular weight excluding hydrogens is 1490 g/mol. The summed E-state index contributed by atoms with van der Waals surface area (Å²) in [5.41, 5.74) is 11.6. The molecule has 0 fully saturated rings. The summed E-state index contributed by atoms with van der Waals surface area (Å²) in [6.45, 7) is 10.4. The normalized spacial score (nSPS) is 13.4. The summed E-state index contributed by atoms with van der Waals surface area (Å²) >= 11 is 6.79. The van der Waals surface area contributed by atoms with Crippen LogP contribution in [0.4, 0.5) is 34.1 Å². The summed E-state index contributed by atoms with van der Waals surface area (Å²) in [4.78, 5) is 59.2. The fourth-order valence-electron chi connectivity index (χ4n) is 17.4. The third-order valence-corrected chi connectivity index (χ3v) is 28.5. The Morgan fingerprint density at radius 2 is 0.509 bits per heavy atom. The molecule has 0 N–H and O–H groups in total. The lowest BCUT2D eigenvalue weighted by Crippen LogP contribution is -2.34.